The maximum Gasteiger partial charge on any atom is 0.119 e. The van der Waals surface area contributed by atoms with Crippen LogP contribution in [0, 0.1) is 11.8 Å². The lowest BCUT2D eigenvalue weighted by Crippen LogP contribution is -2.29. The second kappa shape index (κ2) is 8.18. The summed E-state index contributed by atoms with van der Waals surface area (Å²) >= 11 is 0. The third-order valence-corrected chi connectivity index (χ3v) is 3.28. The maximum absolute atomic E-state index is 5.72. The van der Waals surface area contributed by atoms with E-state index >= 15 is 0 Å². The van der Waals surface area contributed by atoms with Gasteiger partial charge in [-0.3, -0.25) is 11.3 Å². The van der Waals surface area contributed by atoms with Crippen molar-refractivity contribution in [3.05, 3.63) is 29.8 Å². The highest BCUT2D eigenvalue weighted by molar-refractivity contribution is 5.30. The SMILES string of the molecule is CCOc1cccc(C(CC(C)CC(C)C)NN)c1. The van der Waals surface area contributed by atoms with Gasteiger partial charge in [0.15, 0.2) is 0 Å². The number of nitrogens with two attached hydrogens (primary N) is 1. The van der Waals surface area contributed by atoms with Gasteiger partial charge < -0.3 is 4.74 Å². The monoisotopic (exact) mass is 264 g/mol. The van der Waals surface area contributed by atoms with Crippen LogP contribution in [0.2, 0.25) is 0 Å². The minimum atomic E-state index is 0.189. The van der Waals surface area contributed by atoms with Gasteiger partial charge in [0, 0.05) is 6.04 Å². The van der Waals surface area contributed by atoms with Crippen LogP contribution < -0.4 is 16.0 Å². The Balaban J connectivity index is 2.70. The summed E-state index contributed by atoms with van der Waals surface area (Å²) in [5.41, 5.74) is 4.13. The van der Waals surface area contributed by atoms with Gasteiger partial charge in [-0.05, 0) is 49.3 Å². The van der Waals surface area contributed by atoms with Crippen LogP contribution in [-0.2, 0) is 0 Å². The second-order valence-corrected chi connectivity index (χ2v) is 5.70. The Bertz CT molecular complexity index is 366. The minimum absolute atomic E-state index is 0.189. The Labute approximate surface area is 117 Å². The first kappa shape index (κ1) is 16.0. The molecule has 0 amide bonds. The molecule has 2 unspecified atom stereocenters. The number of hydrogen-bond donors (Lipinski definition) is 2. The first-order valence-electron chi connectivity index (χ1n) is 7.25. The molecule has 0 aliphatic heterocycles. The van der Waals surface area contributed by atoms with E-state index in [4.69, 9.17) is 10.6 Å². The zero-order valence-electron chi connectivity index (χ0n) is 12.6. The van der Waals surface area contributed by atoms with E-state index in [0.717, 1.165) is 18.1 Å². The fourth-order valence-corrected chi connectivity index (χ4v) is 2.59. The molecule has 0 aliphatic rings. The Kier molecular flexibility index (Phi) is 6.89. The predicted molar refractivity (Wildman–Crippen MR) is 80.9 cm³/mol. The van der Waals surface area contributed by atoms with Crippen molar-refractivity contribution in [2.45, 2.75) is 46.6 Å². The Morgan fingerprint density at radius 2 is 1.95 bits per heavy atom. The average molecular weight is 264 g/mol. The van der Waals surface area contributed by atoms with Gasteiger partial charge in [0.2, 0.25) is 0 Å². The number of benzene rings is 1. The van der Waals surface area contributed by atoms with Crippen LogP contribution in [0.3, 0.4) is 0 Å². The van der Waals surface area contributed by atoms with Crippen molar-refractivity contribution in [3.63, 3.8) is 0 Å². The van der Waals surface area contributed by atoms with Crippen molar-refractivity contribution in [2.75, 3.05) is 6.61 Å². The van der Waals surface area contributed by atoms with Gasteiger partial charge in [-0.2, -0.15) is 0 Å². The van der Waals surface area contributed by atoms with E-state index in [-0.39, 0.29) is 6.04 Å². The Morgan fingerprint density at radius 3 is 2.53 bits per heavy atom. The summed E-state index contributed by atoms with van der Waals surface area (Å²) < 4.78 is 5.54. The van der Waals surface area contributed by atoms with E-state index in [9.17, 15) is 0 Å². The molecule has 3 N–H and O–H groups in total. The van der Waals surface area contributed by atoms with Crippen molar-refractivity contribution >= 4 is 0 Å². The molecule has 0 aromatic heterocycles. The van der Waals surface area contributed by atoms with E-state index in [1.54, 1.807) is 0 Å². The second-order valence-electron chi connectivity index (χ2n) is 5.70. The highest BCUT2D eigenvalue weighted by Gasteiger charge is 2.15. The van der Waals surface area contributed by atoms with Crippen molar-refractivity contribution in [2.24, 2.45) is 17.7 Å². The van der Waals surface area contributed by atoms with E-state index in [0.29, 0.717) is 12.5 Å². The van der Waals surface area contributed by atoms with E-state index in [1.165, 1.54) is 12.0 Å². The van der Waals surface area contributed by atoms with Crippen LogP contribution in [0.1, 0.15) is 52.1 Å². The average Bonchev–Trinajstić information content (AvgIpc) is 2.36. The van der Waals surface area contributed by atoms with Gasteiger partial charge in [0.25, 0.3) is 0 Å². The van der Waals surface area contributed by atoms with Crippen LogP contribution >= 0.6 is 0 Å². The van der Waals surface area contributed by atoms with E-state index in [1.807, 2.05) is 19.1 Å². The normalized spacial score (nSPS) is 14.4. The van der Waals surface area contributed by atoms with Crippen LogP contribution in [0.25, 0.3) is 0 Å². The largest absolute Gasteiger partial charge is 0.494 e. The first-order valence-corrected chi connectivity index (χ1v) is 7.25. The number of ether oxygens (including phenoxy) is 1. The molecule has 0 radical (unpaired) electrons. The van der Waals surface area contributed by atoms with Crippen molar-refractivity contribution in [1.29, 1.82) is 0 Å². The predicted octanol–water partition coefficient (Wildman–Crippen LogP) is 3.66. The topological polar surface area (TPSA) is 47.3 Å². The molecular weight excluding hydrogens is 236 g/mol. The summed E-state index contributed by atoms with van der Waals surface area (Å²) in [6.45, 7) is 9.49. The summed E-state index contributed by atoms with van der Waals surface area (Å²) in [7, 11) is 0. The van der Waals surface area contributed by atoms with Crippen LogP contribution in [0.5, 0.6) is 5.75 Å². The molecule has 0 bridgehead atoms. The highest BCUT2D eigenvalue weighted by Crippen LogP contribution is 2.26. The molecule has 0 saturated heterocycles. The molecule has 1 aromatic rings. The quantitative estimate of drug-likeness (QED) is 0.556. The fourth-order valence-electron chi connectivity index (χ4n) is 2.59. The molecule has 0 heterocycles. The first-order chi connectivity index (χ1) is 9.06. The van der Waals surface area contributed by atoms with Crippen molar-refractivity contribution in [1.82, 2.24) is 5.43 Å². The molecule has 0 saturated carbocycles. The van der Waals surface area contributed by atoms with Gasteiger partial charge in [-0.1, -0.05) is 32.9 Å². The summed E-state index contributed by atoms with van der Waals surface area (Å²) in [5.74, 6) is 8.01. The maximum atomic E-state index is 5.72. The lowest BCUT2D eigenvalue weighted by molar-refractivity contribution is 0.336. The highest BCUT2D eigenvalue weighted by atomic mass is 16.5. The number of hydrogen-bond acceptors (Lipinski definition) is 3. The summed E-state index contributed by atoms with van der Waals surface area (Å²) in [6, 6.07) is 8.38. The molecule has 0 spiro atoms. The van der Waals surface area contributed by atoms with Gasteiger partial charge in [0.1, 0.15) is 5.75 Å². The van der Waals surface area contributed by atoms with Crippen LogP contribution in [0.15, 0.2) is 24.3 Å². The van der Waals surface area contributed by atoms with Gasteiger partial charge in [0.05, 0.1) is 6.61 Å². The molecule has 0 aliphatic carbocycles. The van der Waals surface area contributed by atoms with Crippen molar-refractivity contribution in [3.8, 4) is 5.75 Å². The molecule has 108 valence electrons. The standard InChI is InChI=1S/C16H28N2O/c1-5-19-15-8-6-7-14(11-15)16(18-17)10-13(4)9-12(2)3/h6-8,11-13,16,18H,5,9-10,17H2,1-4H3. The smallest absolute Gasteiger partial charge is 0.119 e. The number of rotatable bonds is 8. The Hall–Kier alpha value is -1.06. The lowest BCUT2D eigenvalue weighted by Gasteiger charge is -2.22. The Morgan fingerprint density at radius 1 is 1.21 bits per heavy atom. The molecule has 3 heteroatoms. The lowest BCUT2D eigenvalue weighted by atomic mass is 9.90. The zero-order valence-corrected chi connectivity index (χ0v) is 12.6. The molecule has 2 atom stereocenters. The summed E-state index contributed by atoms with van der Waals surface area (Å²) in [5, 5.41) is 0. The molecular formula is C16H28N2O. The number of nitrogens with one attached hydrogen (secondary N) is 1. The van der Waals surface area contributed by atoms with Gasteiger partial charge in [-0.25, -0.2) is 0 Å². The molecule has 1 aromatic carbocycles. The molecule has 3 nitrogen and oxygen atoms in total. The molecule has 1 rings (SSSR count). The van der Waals surface area contributed by atoms with Gasteiger partial charge >= 0.3 is 0 Å². The summed E-state index contributed by atoms with van der Waals surface area (Å²) in [4.78, 5) is 0. The van der Waals surface area contributed by atoms with Crippen LogP contribution in [-0.4, -0.2) is 6.61 Å². The fraction of sp³-hybridized carbons (Fsp3) is 0.625. The zero-order chi connectivity index (χ0) is 14.3. The van der Waals surface area contributed by atoms with E-state index < -0.39 is 0 Å². The minimum Gasteiger partial charge on any atom is -0.494 e. The number of hydrazine groups is 1. The van der Waals surface area contributed by atoms with Crippen molar-refractivity contribution < 1.29 is 4.74 Å². The third-order valence-electron chi connectivity index (χ3n) is 3.28. The van der Waals surface area contributed by atoms with E-state index in [2.05, 4.69) is 38.3 Å². The molecule has 19 heavy (non-hydrogen) atoms. The molecule has 0 fully saturated rings. The van der Waals surface area contributed by atoms with Gasteiger partial charge in [-0.15, -0.1) is 0 Å². The summed E-state index contributed by atoms with van der Waals surface area (Å²) in [6.07, 6.45) is 2.27. The third kappa shape index (κ3) is 5.62. The van der Waals surface area contributed by atoms with Crippen LogP contribution in [0.4, 0.5) is 0 Å².